The van der Waals surface area contributed by atoms with Crippen LogP contribution in [-0.2, 0) is 21.2 Å². The minimum Gasteiger partial charge on any atom is -0.301 e. The number of carbonyl (C=O) groups excluding carboxylic acids is 1. The number of aromatic nitrogens is 1. The van der Waals surface area contributed by atoms with Gasteiger partial charge >= 0.3 is 0 Å². The zero-order chi connectivity index (χ0) is 23.1. The number of amides is 1. The fourth-order valence-electron chi connectivity index (χ4n) is 2.88. The van der Waals surface area contributed by atoms with E-state index in [9.17, 15) is 22.0 Å². The first kappa shape index (κ1) is 24.3. The van der Waals surface area contributed by atoms with Gasteiger partial charge in [-0.05, 0) is 48.3 Å². The number of anilines is 1. The highest BCUT2D eigenvalue weighted by Crippen LogP contribution is 2.22. The molecule has 0 bridgehead atoms. The van der Waals surface area contributed by atoms with E-state index in [0.717, 1.165) is 22.6 Å². The largest absolute Gasteiger partial charge is 0.301 e. The number of rotatable bonds is 10. The standard InChI is InChI=1S/C21H21F2N3O3S3/c1-30-10-9-18(26-32(28,29)19-8-3-2-7-17(19)23)20(27)25-21-24-13-16(31-21)12-14-5-4-6-15(22)11-14/h2-8,11,13,18,26H,9-10,12H2,1H3,(H,24,25,27). The minimum atomic E-state index is -4.25. The monoisotopic (exact) mass is 497 g/mol. The number of thioether (sulfide) groups is 1. The summed E-state index contributed by atoms with van der Waals surface area (Å²) in [6.45, 7) is 0. The third-order valence-electron chi connectivity index (χ3n) is 4.40. The van der Waals surface area contributed by atoms with Crippen molar-refractivity contribution >= 4 is 44.2 Å². The van der Waals surface area contributed by atoms with Crippen molar-refractivity contribution in [3.63, 3.8) is 0 Å². The van der Waals surface area contributed by atoms with Crippen LogP contribution in [0.4, 0.5) is 13.9 Å². The number of carbonyl (C=O) groups is 1. The third-order valence-corrected chi connectivity index (χ3v) is 7.46. The molecule has 6 nitrogen and oxygen atoms in total. The van der Waals surface area contributed by atoms with Crippen LogP contribution >= 0.6 is 23.1 Å². The van der Waals surface area contributed by atoms with Crippen molar-refractivity contribution in [1.82, 2.24) is 9.71 Å². The van der Waals surface area contributed by atoms with E-state index >= 15 is 0 Å². The van der Waals surface area contributed by atoms with Crippen molar-refractivity contribution < 1.29 is 22.0 Å². The summed E-state index contributed by atoms with van der Waals surface area (Å²) in [6, 6.07) is 10.1. The summed E-state index contributed by atoms with van der Waals surface area (Å²) in [5, 5.41) is 2.91. The Balaban J connectivity index is 1.71. The number of thiazole rings is 1. The molecule has 1 amide bonds. The lowest BCUT2D eigenvalue weighted by molar-refractivity contribution is -0.117. The van der Waals surface area contributed by atoms with Crippen LogP contribution in [0.3, 0.4) is 0 Å². The smallest absolute Gasteiger partial charge is 0.244 e. The second-order valence-electron chi connectivity index (χ2n) is 6.81. The number of nitrogens with zero attached hydrogens (tertiary/aromatic N) is 1. The number of nitrogens with one attached hydrogen (secondary N) is 2. The third kappa shape index (κ3) is 6.58. The van der Waals surface area contributed by atoms with E-state index in [1.165, 1.54) is 47.4 Å². The molecule has 32 heavy (non-hydrogen) atoms. The van der Waals surface area contributed by atoms with E-state index in [-0.39, 0.29) is 12.2 Å². The highest BCUT2D eigenvalue weighted by molar-refractivity contribution is 7.98. The zero-order valence-electron chi connectivity index (χ0n) is 17.0. The predicted molar refractivity (Wildman–Crippen MR) is 123 cm³/mol. The van der Waals surface area contributed by atoms with E-state index in [2.05, 4.69) is 15.0 Å². The predicted octanol–water partition coefficient (Wildman–Crippen LogP) is 4.05. The van der Waals surface area contributed by atoms with Gasteiger partial charge in [-0.2, -0.15) is 16.5 Å². The summed E-state index contributed by atoms with van der Waals surface area (Å²) in [4.78, 5) is 17.2. The Morgan fingerprint density at radius 1 is 1.19 bits per heavy atom. The highest BCUT2D eigenvalue weighted by atomic mass is 32.2. The first-order valence-corrected chi connectivity index (χ1v) is 13.2. The summed E-state index contributed by atoms with van der Waals surface area (Å²) >= 11 is 2.66. The van der Waals surface area contributed by atoms with Crippen LogP contribution in [0.2, 0.25) is 0 Å². The molecule has 0 aliphatic heterocycles. The summed E-state index contributed by atoms with van der Waals surface area (Å²) in [5.41, 5.74) is 0.766. The maximum atomic E-state index is 14.0. The molecule has 0 spiro atoms. The lowest BCUT2D eigenvalue weighted by Crippen LogP contribution is -2.44. The van der Waals surface area contributed by atoms with Crippen molar-refractivity contribution in [1.29, 1.82) is 0 Å². The lowest BCUT2D eigenvalue weighted by Gasteiger charge is -2.17. The van der Waals surface area contributed by atoms with Gasteiger partial charge in [0.15, 0.2) is 5.13 Å². The van der Waals surface area contributed by atoms with Crippen molar-refractivity contribution in [3.05, 3.63) is 76.8 Å². The Kier molecular flexibility index (Phi) is 8.35. The van der Waals surface area contributed by atoms with Crippen LogP contribution in [0.5, 0.6) is 0 Å². The number of benzene rings is 2. The second-order valence-corrected chi connectivity index (χ2v) is 10.6. The Hall–Kier alpha value is -2.34. The van der Waals surface area contributed by atoms with Crippen molar-refractivity contribution in [2.75, 3.05) is 17.3 Å². The molecule has 3 aromatic rings. The van der Waals surface area contributed by atoms with Crippen LogP contribution in [0, 0.1) is 11.6 Å². The molecule has 0 aliphatic carbocycles. The first-order chi connectivity index (χ1) is 15.3. The van der Waals surface area contributed by atoms with Crippen LogP contribution in [0.1, 0.15) is 16.9 Å². The average Bonchev–Trinajstić information content (AvgIpc) is 3.17. The molecule has 0 radical (unpaired) electrons. The molecule has 1 aromatic heterocycles. The van der Waals surface area contributed by atoms with E-state index in [1.54, 1.807) is 18.3 Å². The first-order valence-electron chi connectivity index (χ1n) is 9.54. The van der Waals surface area contributed by atoms with Crippen LogP contribution in [0.25, 0.3) is 0 Å². The van der Waals surface area contributed by atoms with E-state index in [1.807, 2.05) is 6.26 Å². The van der Waals surface area contributed by atoms with Gasteiger partial charge < -0.3 is 5.32 Å². The van der Waals surface area contributed by atoms with E-state index in [4.69, 9.17) is 0 Å². The van der Waals surface area contributed by atoms with Crippen molar-refractivity contribution in [2.24, 2.45) is 0 Å². The Labute approximate surface area is 193 Å². The fraction of sp³-hybridized carbons (Fsp3) is 0.238. The number of sulfonamides is 1. The average molecular weight is 498 g/mol. The van der Waals surface area contributed by atoms with Gasteiger partial charge in [0, 0.05) is 17.5 Å². The highest BCUT2D eigenvalue weighted by Gasteiger charge is 2.27. The summed E-state index contributed by atoms with van der Waals surface area (Å²) in [6.07, 6.45) is 4.06. The van der Waals surface area contributed by atoms with Gasteiger partial charge in [-0.3, -0.25) is 4.79 Å². The Morgan fingerprint density at radius 2 is 1.97 bits per heavy atom. The van der Waals surface area contributed by atoms with Gasteiger partial charge in [-0.1, -0.05) is 24.3 Å². The molecule has 0 fully saturated rings. The van der Waals surface area contributed by atoms with Crippen LogP contribution in [-0.4, -0.2) is 37.4 Å². The maximum absolute atomic E-state index is 14.0. The van der Waals surface area contributed by atoms with Gasteiger partial charge in [0.25, 0.3) is 0 Å². The van der Waals surface area contributed by atoms with Crippen LogP contribution < -0.4 is 10.0 Å². The van der Waals surface area contributed by atoms with E-state index in [0.29, 0.717) is 17.3 Å². The molecule has 1 atom stereocenters. The molecule has 2 N–H and O–H groups in total. The molecule has 0 aliphatic rings. The van der Waals surface area contributed by atoms with Gasteiger partial charge in [0.2, 0.25) is 15.9 Å². The quantitative estimate of drug-likeness (QED) is 0.441. The second kappa shape index (κ2) is 11.0. The molecule has 2 aromatic carbocycles. The molecule has 0 saturated heterocycles. The van der Waals surface area contributed by atoms with E-state index < -0.39 is 32.7 Å². The maximum Gasteiger partial charge on any atom is 0.244 e. The normalized spacial score (nSPS) is 12.5. The molecule has 1 heterocycles. The van der Waals surface area contributed by atoms with Gasteiger partial charge in [-0.15, -0.1) is 11.3 Å². The Morgan fingerprint density at radius 3 is 2.69 bits per heavy atom. The molecular weight excluding hydrogens is 476 g/mol. The molecule has 0 saturated carbocycles. The number of hydrogen-bond donors (Lipinski definition) is 2. The van der Waals surface area contributed by atoms with Crippen molar-refractivity contribution in [2.45, 2.75) is 23.8 Å². The topological polar surface area (TPSA) is 88.2 Å². The molecule has 3 rings (SSSR count). The van der Waals surface area contributed by atoms with Gasteiger partial charge in [0.1, 0.15) is 22.6 Å². The zero-order valence-corrected chi connectivity index (χ0v) is 19.5. The van der Waals surface area contributed by atoms with Crippen molar-refractivity contribution in [3.8, 4) is 0 Å². The summed E-state index contributed by atoms with van der Waals surface area (Å²) < 4.78 is 54.9. The van der Waals surface area contributed by atoms with Gasteiger partial charge in [-0.25, -0.2) is 22.2 Å². The molecule has 170 valence electrons. The lowest BCUT2D eigenvalue weighted by atomic mass is 10.1. The number of hydrogen-bond acceptors (Lipinski definition) is 6. The Bertz CT molecular complexity index is 1190. The fourth-order valence-corrected chi connectivity index (χ4v) is 5.51. The van der Waals surface area contributed by atoms with Gasteiger partial charge in [0.05, 0.1) is 0 Å². The summed E-state index contributed by atoms with van der Waals surface area (Å²) in [5.74, 6) is -1.31. The minimum absolute atomic E-state index is 0.211. The SMILES string of the molecule is CSCCC(NS(=O)(=O)c1ccccc1F)C(=O)Nc1ncc(Cc2cccc(F)c2)s1. The number of halogens is 2. The molecular formula is C21H21F2N3O3S3. The molecule has 11 heteroatoms. The summed E-state index contributed by atoms with van der Waals surface area (Å²) in [7, 11) is -4.25. The molecule has 1 unspecified atom stereocenters. The van der Waals surface area contributed by atoms with Crippen LogP contribution in [0.15, 0.2) is 59.6 Å².